The maximum Gasteiger partial charge on any atom is 0.146 e. The van der Waals surface area contributed by atoms with E-state index in [0.717, 1.165) is 25.7 Å². The Morgan fingerprint density at radius 3 is 2.92 bits per heavy atom. The summed E-state index contributed by atoms with van der Waals surface area (Å²) >= 11 is 0. The molecular formula is C12H16O. The molecule has 1 saturated carbocycles. The van der Waals surface area contributed by atoms with Gasteiger partial charge in [-0.3, -0.25) is 4.79 Å². The first-order chi connectivity index (χ1) is 6.13. The first-order valence-corrected chi connectivity index (χ1v) is 5.04. The number of ketones is 1. The number of Topliss-reactive ketones (excluding diaryl/α,β-unsaturated/α-hetero) is 1. The SMILES string of the molecule is CC1=C[C@]2(C)C(=O)CCCC2=CC1. The molecule has 2 aliphatic carbocycles. The van der Waals surface area contributed by atoms with Gasteiger partial charge in [0.25, 0.3) is 0 Å². The van der Waals surface area contributed by atoms with Gasteiger partial charge in [-0.15, -0.1) is 0 Å². The highest BCUT2D eigenvalue weighted by atomic mass is 16.1. The van der Waals surface area contributed by atoms with Gasteiger partial charge in [-0.1, -0.05) is 23.3 Å². The second-order valence-corrected chi connectivity index (χ2v) is 4.40. The van der Waals surface area contributed by atoms with Crippen molar-refractivity contribution in [2.75, 3.05) is 0 Å². The summed E-state index contributed by atoms with van der Waals surface area (Å²) in [6, 6.07) is 0. The molecule has 1 fully saturated rings. The first kappa shape index (κ1) is 8.74. The van der Waals surface area contributed by atoms with Crippen LogP contribution in [-0.4, -0.2) is 5.78 Å². The molecule has 0 aromatic rings. The summed E-state index contributed by atoms with van der Waals surface area (Å²) in [4.78, 5) is 11.8. The third kappa shape index (κ3) is 1.27. The van der Waals surface area contributed by atoms with Crippen LogP contribution in [0.1, 0.15) is 39.5 Å². The monoisotopic (exact) mass is 176 g/mol. The van der Waals surface area contributed by atoms with Gasteiger partial charge in [-0.05, 0) is 33.1 Å². The third-order valence-electron chi connectivity index (χ3n) is 3.30. The van der Waals surface area contributed by atoms with Gasteiger partial charge >= 0.3 is 0 Å². The minimum atomic E-state index is -0.236. The zero-order valence-electron chi connectivity index (χ0n) is 8.39. The number of rotatable bonds is 0. The molecule has 0 amide bonds. The summed E-state index contributed by atoms with van der Waals surface area (Å²) in [5, 5.41) is 0. The van der Waals surface area contributed by atoms with Crippen LogP contribution in [0, 0.1) is 5.41 Å². The maximum absolute atomic E-state index is 11.8. The second-order valence-electron chi connectivity index (χ2n) is 4.40. The highest BCUT2D eigenvalue weighted by Crippen LogP contribution is 2.42. The van der Waals surface area contributed by atoms with Crippen molar-refractivity contribution < 1.29 is 4.79 Å². The lowest BCUT2D eigenvalue weighted by molar-refractivity contribution is -0.125. The lowest BCUT2D eigenvalue weighted by atomic mass is 9.67. The average molecular weight is 176 g/mol. The fourth-order valence-corrected chi connectivity index (χ4v) is 2.46. The zero-order valence-corrected chi connectivity index (χ0v) is 8.39. The van der Waals surface area contributed by atoms with E-state index in [4.69, 9.17) is 0 Å². The Bertz CT molecular complexity index is 309. The first-order valence-electron chi connectivity index (χ1n) is 5.04. The van der Waals surface area contributed by atoms with Crippen molar-refractivity contribution >= 4 is 5.78 Å². The van der Waals surface area contributed by atoms with Gasteiger partial charge in [0, 0.05) is 6.42 Å². The van der Waals surface area contributed by atoms with Crippen LogP contribution in [0.25, 0.3) is 0 Å². The highest BCUT2D eigenvalue weighted by Gasteiger charge is 2.38. The van der Waals surface area contributed by atoms with E-state index >= 15 is 0 Å². The number of carbonyl (C=O) groups excluding carboxylic acids is 1. The molecular weight excluding hydrogens is 160 g/mol. The smallest absolute Gasteiger partial charge is 0.146 e. The molecule has 2 aliphatic rings. The van der Waals surface area contributed by atoms with Crippen LogP contribution < -0.4 is 0 Å². The average Bonchev–Trinajstić information content (AvgIpc) is 2.07. The van der Waals surface area contributed by atoms with Gasteiger partial charge in [-0.2, -0.15) is 0 Å². The summed E-state index contributed by atoms with van der Waals surface area (Å²) < 4.78 is 0. The molecule has 1 heteroatoms. The molecule has 2 rings (SSSR count). The van der Waals surface area contributed by atoms with Gasteiger partial charge in [0.05, 0.1) is 5.41 Å². The lowest BCUT2D eigenvalue weighted by Crippen LogP contribution is -2.33. The van der Waals surface area contributed by atoms with Crippen molar-refractivity contribution in [2.24, 2.45) is 5.41 Å². The normalized spacial score (nSPS) is 33.5. The molecule has 0 heterocycles. The third-order valence-corrected chi connectivity index (χ3v) is 3.30. The summed E-state index contributed by atoms with van der Waals surface area (Å²) in [6.45, 7) is 4.18. The molecule has 0 unspecified atom stereocenters. The van der Waals surface area contributed by atoms with E-state index in [0.29, 0.717) is 5.78 Å². The van der Waals surface area contributed by atoms with Crippen molar-refractivity contribution in [3.8, 4) is 0 Å². The molecule has 0 N–H and O–H groups in total. The van der Waals surface area contributed by atoms with Crippen molar-refractivity contribution in [1.29, 1.82) is 0 Å². The molecule has 13 heavy (non-hydrogen) atoms. The molecule has 0 saturated heterocycles. The summed E-state index contributed by atoms with van der Waals surface area (Å²) in [7, 11) is 0. The molecule has 0 aromatic carbocycles. The number of hydrogen-bond donors (Lipinski definition) is 0. The summed E-state index contributed by atoms with van der Waals surface area (Å²) in [5.74, 6) is 0.407. The molecule has 1 atom stereocenters. The molecule has 70 valence electrons. The lowest BCUT2D eigenvalue weighted by Gasteiger charge is -2.35. The van der Waals surface area contributed by atoms with Crippen molar-refractivity contribution in [1.82, 2.24) is 0 Å². The van der Waals surface area contributed by atoms with E-state index in [-0.39, 0.29) is 5.41 Å². The summed E-state index contributed by atoms with van der Waals surface area (Å²) in [6.07, 6.45) is 8.39. The van der Waals surface area contributed by atoms with Gasteiger partial charge in [-0.25, -0.2) is 0 Å². The fourth-order valence-electron chi connectivity index (χ4n) is 2.46. The fraction of sp³-hybridized carbons (Fsp3) is 0.583. The van der Waals surface area contributed by atoms with Crippen LogP contribution >= 0.6 is 0 Å². The molecule has 0 spiro atoms. The van der Waals surface area contributed by atoms with Crippen molar-refractivity contribution in [3.05, 3.63) is 23.3 Å². The van der Waals surface area contributed by atoms with E-state index < -0.39 is 0 Å². The highest BCUT2D eigenvalue weighted by molar-refractivity contribution is 5.91. The van der Waals surface area contributed by atoms with E-state index in [1.807, 2.05) is 0 Å². The Kier molecular flexibility index (Phi) is 1.90. The van der Waals surface area contributed by atoms with Gasteiger partial charge in [0.15, 0.2) is 0 Å². The molecule has 0 bridgehead atoms. The van der Waals surface area contributed by atoms with Gasteiger partial charge in [0.1, 0.15) is 5.78 Å². The second kappa shape index (κ2) is 2.83. The Morgan fingerprint density at radius 1 is 1.38 bits per heavy atom. The Hall–Kier alpha value is -0.850. The van der Waals surface area contributed by atoms with Crippen molar-refractivity contribution in [3.63, 3.8) is 0 Å². The number of carbonyl (C=O) groups is 1. The number of hydrogen-bond acceptors (Lipinski definition) is 1. The quantitative estimate of drug-likeness (QED) is 0.518. The van der Waals surface area contributed by atoms with Gasteiger partial charge in [0.2, 0.25) is 0 Å². The van der Waals surface area contributed by atoms with Crippen molar-refractivity contribution in [2.45, 2.75) is 39.5 Å². The number of fused-ring (bicyclic) bond motifs is 1. The van der Waals surface area contributed by atoms with Crippen LogP contribution in [0.4, 0.5) is 0 Å². The van der Waals surface area contributed by atoms with E-state index in [2.05, 4.69) is 26.0 Å². The van der Waals surface area contributed by atoms with Crippen LogP contribution in [0.3, 0.4) is 0 Å². The number of allylic oxidation sites excluding steroid dienone is 4. The molecule has 0 aliphatic heterocycles. The molecule has 0 radical (unpaired) electrons. The Balaban J connectivity index is 2.41. The standard InChI is InChI=1S/C12H16O/c1-9-6-7-10-4-3-5-11(13)12(10,2)8-9/h7-8H,3-6H2,1-2H3/t12-/m0/s1. The van der Waals surface area contributed by atoms with Gasteiger partial charge < -0.3 is 0 Å². The Labute approximate surface area is 79.5 Å². The minimum Gasteiger partial charge on any atom is -0.298 e. The topological polar surface area (TPSA) is 17.1 Å². The van der Waals surface area contributed by atoms with Crippen LogP contribution in [-0.2, 0) is 4.79 Å². The predicted octanol–water partition coefficient (Wildman–Crippen LogP) is 3.02. The zero-order chi connectivity index (χ0) is 9.47. The maximum atomic E-state index is 11.8. The van der Waals surface area contributed by atoms with Crippen LogP contribution in [0.15, 0.2) is 23.3 Å². The van der Waals surface area contributed by atoms with Crippen LogP contribution in [0.5, 0.6) is 0 Å². The van der Waals surface area contributed by atoms with E-state index in [1.54, 1.807) is 0 Å². The Morgan fingerprint density at radius 2 is 2.15 bits per heavy atom. The van der Waals surface area contributed by atoms with Crippen LogP contribution in [0.2, 0.25) is 0 Å². The predicted molar refractivity (Wildman–Crippen MR) is 53.4 cm³/mol. The molecule has 1 nitrogen and oxygen atoms in total. The largest absolute Gasteiger partial charge is 0.298 e. The minimum absolute atomic E-state index is 0.236. The van der Waals surface area contributed by atoms with E-state index in [1.165, 1.54) is 11.1 Å². The molecule has 0 aromatic heterocycles. The summed E-state index contributed by atoms with van der Waals surface area (Å²) in [5.41, 5.74) is 2.46. The van der Waals surface area contributed by atoms with E-state index in [9.17, 15) is 4.79 Å².